The van der Waals surface area contributed by atoms with Crippen molar-refractivity contribution in [1.29, 1.82) is 0 Å². The lowest BCUT2D eigenvalue weighted by Crippen LogP contribution is -2.21. The molecule has 4 rings (SSSR count). The highest BCUT2D eigenvalue weighted by Gasteiger charge is 2.19. The lowest BCUT2D eigenvalue weighted by Gasteiger charge is -2.13. The number of nitrogens with zero attached hydrogens (tertiary/aromatic N) is 1. The Kier molecular flexibility index (Phi) is 8.34. The Bertz CT molecular complexity index is 1470. The maximum Gasteiger partial charge on any atom is 0.325 e. The zero-order valence-electron chi connectivity index (χ0n) is 20.7. The van der Waals surface area contributed by atoms with Crippen LogP contribution in [0.15, 0.2) is 72.9 Å². The van der Waals surface area contributed by atoms with Gasteiger partial charge in [-0.1, -0.05) is 47.2 Å². The highest BCUT2D eigenvalue weighted by atomic mass is 32.1. The molecule has 9 nitrogen and oxygen atoms in total. The van der Waals surface area contributed by atoms with E-state index in [1.165, 1.54) is 18.4 Å². The van der Waals surface area contributed by atoms with Crippen LogP contribution in [0.1, 0.15) is 31.9 Å². The van der Waals surface area contributed by atoms with Crippen LogP contribution >= 0.6 is 11.3 Å². The normalized spacial score (nSPS) is 10.5. The van der Waals surface area contributed by atoms with Gasteiger partial charge in [-0.2, -0.15) is 0 Å². The van der Waals surface area contributed by atoms with Gasteiger partial charge in [-0.15, -0.1) is 0 Å². The number of para-hydroxylation sites is 1. The van der Waals surface area contributed by atoms with Gasteiger partial charge in [-0.3, -0.25) is 14.9 Å². The molecule has 1 aromatic heterocycles. The van der Waals surface area contributed by atoms with E-state index in [2.05, 4.69) is 15.6 Å². The van der Waals surface area contributed by atoms with Gasteiger partial charge in [0.2, 0.25) is 0 Å². The molecule has 0 saturated heterocycles. The molecule has 194 valence electrons. The minimum Gasteiger partial charge on any atom is -0.496 e. The Labute approximate surface area is 223 Å². The molecule has 0 radical (unpaired) electrons. The number of thiazole rings is 1. The topological polar surface area (TPSA) is 127 Å². The number of urea groups is 1. The second-order valence-corrected chi connectivity index (χ2v) is 9.41. The van der Waals surface area contributed by atoms with E-state index in [1.807, 2.05) is 13.0 Å². The second-order valence-electron chi connectivity index (χ2n) is 8.29. The summed E-state index contributed by atoms with van der Waals surface area (Å²) in [5.74, 6) is -0.130. The number of hydrogen-bond acceptors (Lipinski definition) is 7. The number of rotatable bonds is 10. The largest absolute Gasteiger partial charge is 0.496 e. The molecule has 0 aliphatic heterocycles. The minimum atomic E-state index is -0.894. The lowest BCUT2D eigenvalue weighted by molar-refractivity contribution is -0.136. The number of aryl methyl sites for hydroxylation is 1. The van der Waals surface area contributed by atoms with E-state index in [9.17, 15) is 14.4 Å². The van der Waals surface area contributed by atoms with Gasteiger partial charge in [-0.25, -0.2) is 9.78 Å². The van der Waals surface area contributed by atoms with Gasteiger partial charge in [0.1, 0.15) is 18.1 Å². The van der Waals surface area contributed by atoms with Crippen molar-refractivity contribution in [3.05, 3.63) is 100 Å². The summed E-state index contributed by atoms with van der Waals surface area (Å²) in [6, 6.07) is 18.4. The number of aliphatic carboxylic acids is 1. The summed E-state index contributed by atoms with van der Waals surface area (Å²) in [6.07, 6.45) is 1.55. The van der Waals surface area contributed by atoms with Gasteiger partial charge >= 0.3 is 12.0 Å². The summed E-state index contributed by atoms with van der Waals surface area (Å²) in [5, 5.41) is 14.7. The molecule has 1 heterocycles. The maximum atomic E-state index is 13.3. The van der Waals surface area contributed by atoms with Crippen LogP contribution in [0.2, 0.25) is 0 Å². The van der Waals surface area contributed by atoms with Crippen molar-refractivity contribution >= 4 is 39.9 Å². The van der Waals surface area contributed by atoms with Crippen LogP contribution in [0, 0.1) is 6.92 Å². The molecule has 0 bridgehead atoms. The first-order valence-electron chi connectivity index (χ1n) is 11.6. The first-order chi connectivity index (χ1) is 18.3. The van der Waals surface area contributed by atoms with Crippen LogP contribution in [-0.2, 0) is 17.8 Å². The Hall–Kier alpha value is -4.70. The third kappa shape index (κ3) is 6.74. The van der Waals surface area contributed by atoms with Gasteiger partial charge in [0.05, 0.1) is 29.7 Å². The Balaban J connectivity index is 1.39. The first-order valence-corrected chi connectivity index (χ1v) is 12.4. The summed E-state index contributed by atoms with van der Waals surface area (Å²) in [7, 11) is 1.50. The number of ether oxygens (including phenoxy) is 2. The molecular weight excluding hydrogens is 506 g/mol. The number of ketones is 1. The van der Waals surface area contributed by atoms with Crippen LogP contribution in [0.3, 0.4) is 0 Å². The summed E-state index contributed by atoms with van der Waals surface area (Å²) in [4.78, 5) is 41.8. The minimum absolute atomic E-state index is 0.0507. The van der Waals surface area contributed by atoms with Gasteiger partial charge in [0.15, 0.2) is 10.9 Å². The number of amides is 2. The molecule has 2 amide bonds. The number of methoxy groups -OCH3 is 1. The van der Waals surface area contributed by atoms with E-state index in [4.69, 9.17) is 14.6 Å². The van der Waals surface area contributed by atoms with Gasteiger partial charge in [-0.05, 0) is 48.9 Å². The monoisotopic (exact) mass is 531 g/mol. The van der Waals surface area contributed by atoms with Crippen molar-refractivity contribution in [2.45, 2.75) is 20.0 Å². The molecule has 3 aromatic carbocycles. The fourth-order valence-corrected chi connectivity index (χ4v) is 4.37. The Morgan fingerprint density at radius 1 is 0.974 bits per heavy atom. The Morgan fingerprint density at radius 2 is 1.74 bits per heavy atom. The van der Waals surface area contributed by atoms with E-state index in [1.54, 1.807) is 66.9 Å². The molecule has 0 saturated carbocycles. The van der Waals surface area contributed by atoms with Gasteiger partial charge in [0, 0.05) is 11.8 Å². The molecule has 0 aliphatic carbocycles. The fourth-order valence-electron chi connectivity index (χ4n) is 3.65. The molecule has 0 fully saturated rings. The summed E-state index contributed by atoms with van der Waals surface area (Å²) in [6.45, 7) is 2.10. The maximum absolute atomic E-state index is 13.3. The predicted molar refractivity (Wildman–Crippen MR) is 144 cm³/mol. The highest BCUT2D eigenvalue weighted by molar-refractivity contribution is 7.15. The highest BCUT2D eigenvalue weighted by Crippen LogP contribution is 2.27. The first kappa shape index (κ1) is 26.4. The van der Waals surface area contributed by atoms with Gasteiger partial charge in [0.25, 0.3) is 0 Å². The number of carbonyl (C=O) groups excluding carboxylic acids is 2. The molecule has 0 atom stereocenters. The van der Waals surface area contributed by atoms with Crippen molar-refractivity contribution < 1.29 is 29.0 Å². The summed E-state index contributed by atoms with van der Waals surface area (Å²) >= 11 is 1.25. The zero-order chi connectivity index (χ0) is 27.1. The van der Waals surface area contributed by atoms with Crippen LogP contribution in [0.25, 0.3) is 0 Å². The quantitative estimate of drug-likeness (QED) is 0.229. The molecule has 0 spiro atoms. The number of anilines is 2. The molecule has 10 heteroatoms. The van der Waals surface area contributed by atoms with E-state index < -0.39 is 12.0 Å². The van der Waals surface area contributed by atoms with Crippen molar-refractivity contribution in [3.8, 4) is 11.5 Å². The average molecular weight is 532 g/mol. The molecule has 0 unspecified atom stereocenters. The number of carboxylic acid groups (broad SMARTS) is 1. The van der Waals surface area contributed by atoms with E-state index >= 15 is 0 Å². The number of nitrogens with one attached hydrogen (secondary N) is 2. The Morgan fingerprint density at radius 3 is 2.47 bits per heavy atom. The van der Waals surface area contributed by atoms with Gasteiger partial charge < -0.3 is 19.9 Å². The summed E-state index contributed by atoms with van der Waals surface area (Å²) in [5.41, 5.74) is 2.64. The second kappa shape index (κ2) is 12.0. The van der Waals surface area contributed by atoms with Crippen molar-refractivity contribution in [3.63, 3.8) is 0 Å². The van der Waals surface area contributed by atoms with Crippen molar-refractivity contribution in [2.75, 3.05) is 17.7 Å². The average Bonchev–Trinajstić information content (AvgIpc) is 3.35. The van der Waals surface area contributed by atoms with Crippen LogP contribution in [0.4, 0.5) is 15.6 Å². The van der Waals surface area contributed by atoms with Crippen LogP contribution in [-0.4, -0.2) is 35.0 Å². The number of aromatic nitrogens is 1. The zero-order valence-corrected chi connectivity index (χ0v) is 21.5. The number of benzene rings is 3. The predicted octanol–water partition coefficient (Wildman–Crippen LogP) is 5.54. The smallest absolute Gasteiger partial charge is 0.325 e. The number of carboxylic acids is 1. The lowest BCUT2D eigenvalue weighted by atomic mass is 9.99. The van der Waals surface area contributed by atoms with Crippen LogP contribution < -0.4 is 20.1 Å². The third-order valence-corrected chi connectivity index (χ3v) is 6.34. The van der Waals surface area contributed by atoms with Crippen LogP contribution in [0.5, 0.6) is 11.5 Å². The molecular formula is C28H25N3O6S. The summed E-state index contributed by atoms with van der Waals surface area (Å²) < 4.78 is 11.1. The fraction of sp³-hybridized carbons (Fsp3) is 0.143. The molecule has 4 aromatic rings. The molecule has 38 heavy (non-hydrogen) atoms. The number of carbonyl (C=O) groups is 3. The molecule has 0 aliphatic rings. The SMILES string of the molecule is COc1ccccc1C(=O)c1cc(C)ccc1NC(=O)Nc1ncc(COc2ccc(CC(=O)O)cc2)s1. The van der Waals surface area contributed by atoms with E-state index in [0.717, 1.165) is 10.4 Å². The standard InChI is InChI=1S/C28H25N3O6S/c1-17-7-12-23(22(13-17)26(34)21-5-3-4-6-24(21)36-2)30-27(35)31-28-29-15-20(38-28)16-37-19-10-8-18(9-11-19)14-25(32)33/h3-13,15H,14,16H2,1-2H3,(H,32,33)(H2,29,30,31,35). The number of hydrogen-bond donors (Lipinski definition) is 3. The third-order valence-electron chi connectivity index (χ3n) is 5.45. The van der Waals surface area contributed by atoms with Crippen molar-refractivity contribution in [1.82, 2.24) is 4.98 Å². The molecule has 3 N–H and O–H groups in total. The van der Waals surface area contributed by atoms with Crippen molar-refractivity contribution in [2.24, 2.45) is 0 Å². The van der Waals surface area contributed by atoms with E-state index in [0.29, 0.717) is 39.0 Å². The van der Waals surface area contributed by atoms with E-state index in [-0.39, 0.29) is 18.8 Å².